The van der Waals surface area contributed by atoms with Crippen LogP contribution in [0.25, 0.3) is 0 Å². The molecule has 0 bridgehead atoms. The predicted octanol–water partition coefficient (Wildman–Crippen LogP) is 1.89. The zero-order chi connectivity index (χ0) is 11.8. The molecule has 0 fully saturated rings. The molecule has 1 aromatic carbocycles. The summed E-state index contributed by atoms with van der Waals surface area (Å²) in [6.45, 7) is -0.0100. The van der Waals surface area contributed by atoms with Crippen LogP contribution in [0.3, 0.4) is 0 Å². The molecule has 1 unspecified atom stereocenters. The number of ether oxygens (including phenoxy) is 1. The summed E-state index contributed by atoms with van der Waals surface area (Å²) in [6.07, 6.45) is -0.683. The number of hydrogen-bond acceptors (Lipinski definition) is 5. The fraction of sp³-hybridized carbons (Fsp3) is 0.273. The van der Waals surface area contributed by atoms with Gasteiger partial charge in [0.2, 0.25) is 0 Å². The predicted molar refractivity (Wildman–Crippen MR) is 68.8 cm³/mol. The summed E-state index contributed by atoms with van der Waals surface area (Å²) in [7, 11) is 0. The number of carbonyl (C=O) groups excluding carboxylic acids is 1. The Morgan fingerprint density at radius 1 is 1.50 bits per heavy atom. The van der Waals surface area contributed by atoms with Crippen molar-refractivity contribution in [2.45, 2.75) is 6.10 Å². The van der Waals surface area contributed by atoms with Gasteiger partial charge >= 0.3 is 5.97 Å². The van der Waals surface area contributed by atoms with Crippen LogP contribution < -0.4 is 0 Å². The van der Waals surface area contributed by atoms with E-state index in [1.807, 2.05) is 6.07 Å². The second kappa shape index (κ2) is 7.38. The molecule has 0 saturated heterocycles. The number of hydrogen-bond donors (Lipinski definition) is 1. The lowest BCUT2D eigenvalue weighted by molar-refractivity contribution is 0.0306. The largest absolute Gasteiger partial charge is 0.459 e. The topological polar surface area (TPSA) is 46.5 Å². The van der Waals surface area contributed by atoms with E-state index in [0.717, 1.165) is 0 Å². The molecular formula is C11H12O3S2. The molecule has 1 atom stereocenters. The number of benzene rings is 1. The third kappa shape index (κ3) is 4.74. The van der Waals surface area contributed by atoms with Gasteiger partial charge in [-0.2, -0.15) is 0 Å². The minimum Gasteiger partial charge on any atom is -0.459 e. The summed E-state index contributed by atoms with van der Waals surface area (Å²) >= 11 is 5.91. The lowest BCUT2D eigenvalue weighted by Gasteiger charge is -2.09. The summed E-state index contributed by atoms with van der Waals surface area (Å²) in [6, 6.07) is 8.67. The number of rotatable bonds is 6. The maximum atomic E-state index is 11.5. The van der Waals surface area contributed by atoms with Gasteiger partial charge < -0.3 is 9.84 Å². The molecule has 0 aliphatic carbocycles. The molecule has 1 aromatic rings. The van der Waals surface area contributed by atoms with Gasteiger partial charge in [-0.05, 0) is 12.1 Å². The first kappa shape index (κ1) is 13.2. The van der Waals surface area contributed by atoms with Crippen LogP contribution in [0.5, 0.6) is 0 Å². The fourth-order valence-electron chi connectivity index (χ4n) is 1.03. The Labute approximate surface area is 104 Å². The van der Waals surface area contributed by atoms with Crippen molar-refractivity contribution in [1.29, 1.82) is 0 Å². The van der Waals surface area contributed by atoms with Gasteiger partial charge in [0.1, 0.15) is 6.61 Å². The number of aliphatic hydroxyl groups excluding tert-OH is 1. The number of thiocarbonyl (C=S) groups is 1. The molecule has 0 spiro atoms. The standard InChI is InChI=1S/C11H12O3S2/c12-10(7-16-8-15)6-14-11(13)9-4-2-1-3-5-9/h1-5,8,10,12H,6-7H2. The maximum absolute atomic E-state index is 11.5. The highest BCUT2D eigenvalue weighted by atomic mass is 32.2. The Kier molecular flexibility index (Phi) is 6.07. The first-order valence-electron chi connectivity index (χ1n) is 4.69. The summed E-state index contributed by atoms with van der Waals surface area (Å²) in [4.78, 5) is 11.5. The molecule has 16 heavy (non-hydrogen) atoms. The lowest BCUT2D eigenvalue weighted by Crippen LogP contribution is -2.20. The van der Waals surface area contributed by atoms with Gasteiger partial charge in [-0.15, -0.1) is 11.8 Å². The van der Waals surface area contributed by atoms with E-state index in [1.165, 1.54) is 16.5 Å². The summed E-state index contributed by atoms with van der Waals surface area (Å²) in [5.74, 6) is 0.0120. The van der Waals surface area contributed by atoms with Gasteiger partial charge in [-0.1, -0.05) is 30.4 Å². The van der Waals surface area contributed by atoms with Crippen molar-refractivity contribution in [2.75, 3.05) is 12.4 Å². The van der Waals surface area contributed by atoms with Crippen LogP contribution in [-0.2, 0) is 4.74 Å². The third-order valence-electron chi connectivity index (χ3n) is 1.77. The molecule has 1 rings (SSSR count). The number of aliphatic hydroxyl groups is 1. The van der Waals surface area contributed by atoms with Crippen molar-refractivity contribution >= 4 is 34.6 Å². The molecule has 0 aliphatic heterocycles. The smallest absolute Gasteiger partial charge is 0.338 e. The van der Waals surface area contributed by atoms with E-state index in [4.69, 9.17) is 4.74 Å². The van der Waals surface area contributed by atoms with E-state index in [9.17, 15) is 9.90 Å². The SMILES string of the molecule is O=C(OCC(O)CSC=S)c1ccccc1. The van der Waals surface area contributed by atoms with Crippen LogP contribution in [-0.4, -0.2) is 34.2 Å². The highest BCUT2D eigenvalue weighted by Crippen LogP contribution is 2.04. The van der Waals surface area contributed by atoms with E-state index in [1.54, 1.807) is 24.3 Å². The highest BCUT2D eigenvalue weighted by Gasteiger charge is 2.09. The van der Waals surface area contributed by atoms with E-state index >= 15 is 0 Å². The average Bonchev–Trinajstić information content (AvgIpc) is 2.34. The zero-order valence-electron chi connectivity index (χ0n) is 8.54. The second-order valence-corrected chi connectivity index (χ2v) is 4.48. The summed E-state index contributed by atoms with van der Waals surface area (Å²) in [5.41, 5.74) is 0.484. The van der Waals surface area contributed by atoms with Crippen molar-refractivity contribution < 1.29 is 14.6 Å². The molecule has 5 heteroatoms. The van der Waals surface area contributed by atoms with E-state index < -0.39 is 12.1 Å². The average molecular weight is 256 g/mol. The monoisotopic (exact) mass is 256 g/mol. The molecule has 0 amide bonds. The van der Waals surface area contributed by atoms with Crippen molar-refractivity contribution in [3.63, 3.8) is 0 Å². The van der Waals surface area contributed by atoms with Crippen LogP contribution in [0.1, 0.15) is 10.4 Å². The molecular weight excluding hydrogens is 244 g/mol. The number of esters is 1. The zero-order valence-corrected chi connectivity index (χ0v) is 10.2. The maximum Gasteiger partial charge on any atom is 0.338 e. The Hall–Kier alpha value is -0.910. The van der Waals surface area contributed by atoms with Crippen LogP contribution in [0.4, 0.5) is 0 Å². The molecule has 3 nitrogen and oxygen atoms in total. The van der Waals surface area contributed by atoms with Gasteiger partial charge in [0.15, 0.2) is 0 Å². The molecule has 1 N–H and O–H groups in total. The van der Waals surface area contributed by atoms with Crippen molar-refractivity contribution in [3.8, 4) is 0 Å². The Balaban J connectivity index is 2.33. The quantitative estimate of drug-likeness (QED) is 0.622. The van der Waals surface area contributed by atoms with Crippen LogP contribution in [0.2, 0.25) is 0 Å². The minimum atomic E-state index is -0.683. The van der Waals surface area contributed by atoms with Crippen LogP contribution >= 0.6 is 24.0 Å². The van der Waals surface area contributed by atoms with Crippen molar-refractivity contribution in [1.82, 2.24) is 0 Å². The molecule has 0 radical (unpaired) electrons. The number of carbonyl (C=O) groups is 1. The molecule has 0 saturated carbocycles. The van der Waals surface area contributed by atoms with Crippen LogP contribution in [0, 0.1) is 0 Å². The fourth-order valence-corrected chi connectivity index (χ4v) is 1.66. The van der Waals surface area contributed by atoms with Gasteiger partial charge in [-0.3, -0.25) is 0 Å². The second-order valence-electron chi connectivity index (χ2n) is 3.05. The van der Waals surface area contributed by atoms with Gasteiger partial charge in [-0.25, -0.2) is 4.79 Å². The molecule has 0 aliphatic rings. The van der Waals surface area contributed by atoms with Gasteiger partial charge in [0, 0.05) is 10.5 Å². The lowest BCUT2D eigenvalue weighted by atomic mass is 10.2. The van der Waals surface area contributed by atoms with Gasteiger partial charge in [0.05, 0.1) is 11.7 Å². The normalized spacial score (nSPS) is 11.8. The molecule has 0 aromatic heterocycles. The van der Waals surface area contributed by atoms with Gasteiger partial charge in [0.25, 0.3) is 0 Å². The minimum absolute atomic E-state index is 0.0100. The Bertz CT molecular complexity index is 340. The molecule has 0 heterocycles. The first-order chi connectivity index (χ1) is 7.74. The number of thioether (sulfide) groups is 1. The summed E-state index contributed by atoms with van der Waals surface area (Å²) < 4.78 is 6.41. The molecule has 86 valence electrons. The van der Waals surface area contributed by atoms with Crippen molar-refractivity contribution in [3.05, 3.63) is 35.9 Å². The van der Waals surface area contributed by atoms with E-state index in [0.29, 0.717) is 11.3 Å². The van der Waals surface area contributed by atoms with Crippen LogP contribution in [0.15, 0.2) is 30.3 Å². The third-order valence-corrected chi connectivity index (χ3v) is 2.89. The van der Waals surface area contributed by atoms with E-state index in [2.05, 4.69) is 12.2 Å². The first-order valence-corrected chi connectivity index (χ1v) is 6.21. The Morgan fingerprint density at radius 2 is 2.19 bits per heavy atom. The van der Waals surface area contributed by atoms with Crippen molar-refractivity contribution in [2.24, 2.45) is 0 Å². The van der Waals surface area contributed by atoms with E-state index in [-0.39, 0.29) is 6.61 Å². The Morgan fingerprint density at radius 3 is 2.81 bits per heavy atom. The summed E-state index contributed by atoms with van der Waals surface area (Å²) in [5, 5.41) is 9.41. The highest BCUT2D eigenvalue weighted by molar-refractivity contribution is 8.20.